The molecule has 0 fully saturated rings. The van der Waals surface area contributed by atoms with E-state index in [1.165, 1.54) is 6.92 Å². The van der Waals surface area contributed by atoms with E-state index in [4.69, 9.17) is 5.11 Å². The van der Waals surface area contributed by atoms with Crippen molar-refractivity contribution in [3.05, 3.63) is 27.7 Å². The molecule has 0 aliphatic heterocycles. The van der Waals surface area contributed by atoms with E-state index in [1.807, 2.05) is 0 Å². The number of halogens is 3. The summed E-state index contributed by atoms with van der Waals surface area (Å²) in [5, 5.41) is 8.74. The molecule has 0 atom stereocenters. The van der Waals surface area contributed by atoms with Crippen molar-refractivity contribution >= 4 is 15.9 Å². The highest BCUT2D eigenvalue weighted by Crippen LogP contribution is 2.28. The van der Waals surface area contributed by atoms with E-state index in [0.29, 0.717) is 4.47 Å². The van der Waals surface area contributed by atoms with E-state index in [0.717, 1.165) is 6.07 Å². The standard InChI is InChI=1S/C7H5BrF2O/c1-3-4(8)2-5(9)7(11)6(3)10/h2,11H,1H3. The topological polar surface area (TPSA) is 20.2 Å². The predicted molar refractivity (Wildman–Crippen MR) is 40.5 cm³/mol. The summed E-state index contributed by atoms with van der Waals surface area (Å²) in [7, 11) is 0. The lowest BCUT2D eigenvalue weighted by molar-refractivity contribution is 0.393. The molecule has 1 aromatic rings. The maximum atomic E-state index is 12.7. The molecule has 1 rings (SSSR count). The lowest BCUT2D eigenvalue weighted by Gasteiger charge is -2.02. The van der Waals surface area contributed by atoms with Gasteiger partial charge in [-0.05, 0) is 13.0 Å². The summed E-state index contributed by atoms with van der Waals surface area (Å²) in [5.41, 5.74) is 0.198. The number of phenols is 1. The van der Waals surface area contributed by atoms with E-state index < -0.39 is 17.4 Å². The van der Waals surface area contributed by atoms with Crippen LogP contribution in [-0.4, -0.2) is 5.11 Å². The van der Waals surface area contributed by atoms with Crippen LogP contribution in [0.3, 0.4) is 0 Å². The van der Waals surface area contributed by atoms with E-state index in [-0.39, 0.29) is 5.56 Å². The summed E-state index contributed by atoms with van der Waals surface area (Å²) >= 11 is 2.94. The molecule has 11 heavy (non-hydrogen) atoms. The zero-order valence-corrected chi connectivity index (χ0v) is 7.24. The first-order chi connectivity index (χ1) is 5.04. The first-order valence-electron chi connectivity index (χ1n) is 2.87. The van der Waals surface area contributed by atoms with Crippen LogP contribution in [-0.2, 0) is 0 Å². The second kappa shape index (κ2) is 2.77. The number of benzene rings is 1. The Bertz CT molecular complexity index is 273. The van der Waals surface area contributed by atoms with Gasteiger partial charge in [0.15, 0.2) is 17.4 Å². The highest BCUT2D eigenvalue weighted by Gasteiger charge is 2.12. The fourth-order valence-corrected chi connectivity index (χ4v) is 1.05. The van der Waals surface area contributed by atoms with Crippen LogP contribution >= 0.6 is 15.9 Å². The SMILES string of the molecule is Cc1c(Br)cc(F)c(O)c1F. The lowest BCUT2D eigenvalue weighted by Crippen LogP contribution is -1.88. The molecule has 0 spiro atoms. The summed E-state index contributed by atoms with van der Waals surface area (Å²) in [6, 6.07) is 1.02. The highest BCUT2D eigenvalue weighted by molar-refractivity contribution is 9.10. The van der Waals surface area contributed by atoms with E-state index in [9.17, 15) is 8.78 Å². The molecule has 1 aromatic carbocycles. The average Bonchev–Trinajstić information content (AvgIpc) is 1.97. The fraction of sp³-hybridized carbons (Fsp3) is 0.143. The van der Waals surface area contributed by atoms with E-state index in [2.05, 4.69) is 15.9 Å². The third-order valence-electron chi connectivity index (χ3n) is 1.38. The molecular formula is C7H5BrF2O. The molecule has 1 N–H and O–H groups in total. The van der Waals surface area contributed by atoms with E-state index in [1.54, 1.807) is 0 Å². The van der Waals surface area contributed by atoms with Crippen molar-refractivity contribution in [3.63, 3.8) is 0 Å². The fourth-order valence-electron chi connectivity index (χ4n) is 0.675. The van der Waals surface area contributed by atoms with Crippen LogP contribution in [0.2, 0.25) is 0 Å². The van der Waals surface area contributed by atoms with Crippen LogP contribution < -0.4 is 0 Å². The molecule has 0 aliphatic carbocycles. The maximum absolute atomic E-state index is 12.7. The number of phenolic OH excluding ortho intramolecular Hbond substituents is 1. The van der Waals surface area contributed by atoms with Crippen molar-refractivity contribution < 1.29 is 13.9 Å². The Morgan fingerprint density at radius 3 is 2.55 bits per heavy atom. The monoisotopic (exact) mass is 222 g/mol. The number of aromatic hydroxyl groups is 1. The van der Waals surface area contributed by atoms with Crippen molar-refractivity contribution in [3.8, 4) is 5.75 Å². The van der Waals surface area contributed by atoms with Crippen molar-refractivity contribution in [2.24, 2.45) is 0 Å². The normalized spacial score (nSPS) is 10.2. The predicted octanol–water partition coefficient (Wildman–Crippen LogP) is 2.74. The number of rotatable bonds is 0. The first kappa shape index (κ1) is 8.46. The van der Waals surface area contributed by atoms with Gasteiger partial charge in [0.1, 0.15) is 0 Å². The van der Waals surface area contributed by atoms with Gasteiger partial charge in [-0.2, -0.15) is 0 Å². The maximum Gasteiger partial charge on any atom is 0.188 e. The molecule has 0 saturated carbocycles. The second-order valence-corrected chi connectivity index (χ2v) is 2.98. The van der Waals surface area contributed by atoms with Gasteiger partial charge in [0.2, 0.25) is 0 Å². The summed E-state index contributed by atoms with van der Waals surface area (Å²) in [6.07, 6.45) is 0. The van der Waals surface area contributed by atoms with Gasteiger partial charge in [-0.25, -0.2) is 8.78 Å². The molecule has 60 valence electrons. The Kier molecular flexibility index (Phi) is 2.13. The molecule has 0 amide bonds. The molecule has 0 heterocycles. The van der Waals surface area contributed by atoms with Crippen molar-refractivity contribution in [1.82, 2.24) is 0 Å². The molecular weight excluding hydrogens is 218 g/mol. The Morgan fingerprint density at radius 2 is 2.00 bits per heavy atom. The molecule has 4 heteroatoms. The Morgan fingerprint density at radius 1 is 1.45 bits per heavy atom. The summed E-state index contributed by atoms with van der Waals surface area (Å²) in [6.45, 7) is 1.44. The molecule has 0 saturated heterocycles. The second-order valence-electron chi connectivity index (χ2n) is 2.13. The summed E-state index contributed by atoms with van der Waals surface area (Å²) in [4.78, 5) is 0. The number of hydrogen-bond donors (Lipinski definition) is 1. The van der Waals surface area contributed by atoms with Gasteiger partial charge >= 0.3 is 0 Å². The van der Waals surface area contributed by atoms with Crippen LogP contribution in [0.5, 0.6) is 5.75 Å². The van der Waals surface area contributed by atoms with Crippen LogP contribution in [0.4, 0.5) is 8.78 Å². The van der Waals surface area contributed by atoms with Crippen LogP contribution in [0.25, 0.3) is 0 Å². The molecule has 1 nitrogen and oxygen atoms in total. The van der Waals surface area contributed by atoms with Gasteiger partial charge in [0.05, 0.1) is 0 Å². The van der Waals surface area contributed by atoms with Gasteiger partial charge in [0, 0.05) is 10.0 Å². The van der Waals surface area contributed by atoms with E-state index >= 15 is 0 Å². The van der Waals surface area contributed by atoms with Crippen LogP contribution in [0.1, 0.15) is 5.56 Å². The van der Waals surface area contributed by atoms with Crippen molar-refractivity contribution in [1.29, 1.82) is 0 Å². The summed E-state index contributed by atoms with van der Waals surface area (Å²) < 4.78 is 25.5. The third-order valence-corrected chi connectivity index (χ3v) is 2.20. The smallest absolute Gasteiger partial charge is 0.188 e. The Balaban J connectivity index is 3.46. The minimum atomic E-state index is -0.958. The molecule has 0 radical (unpaired) electrons. The van der Waals surface area contributed by atoms with Gasteiger partial charge in [-0.1, -0.05) is 15.9 Å². The lowest BCUT2D eigenvalue weighted by atomic mass is 10.2. The molecule has 0 aromatic heterocycles. The molecule has 0 aliphatic rings. The molecule has 0 bridgehead atoms. The zero-order chi connectivity index (χ0) is 8.59. The van der Waals surface area contributed by atoms with Gasteiger partial charge in [-0.15, -0.1) is 0 Å². The third kappa shape index (κ3) is 1.35. The minimum absolute atomic E-state index is 0.198. The largest absolute Gasteiger partial charge is 0.503 e. The number of hydrogen-bond acceptors (Lipinski definition) is 1. The average molecular weight is 223 g/mol. The Labute approximate surface area is 70.8 Å². The first-order valence-corrected chi connectivity index (χ1v) is 3.66. The summed E-state index contributed by atoms with van der Waals surface area (Å²) in [5.74, 6) is -2.80. The quantitative estimate of drug-likeness (QED) is 0.716. The van der Waals surface area contributed by atoms with Crippen molar-refractivity contribution in [2.45, 2.75) is 6.92 Å². The van der Waals surface area contributed by atoms with Gasteiger partial charge in [0.25, 0.3) is 0 Å². The van der Waals surface area contributed by atoms with Gasteiger partial charge < -0.3 is 5.11 Å². The van der Waals surface area contributed by atoms with Crippen molar-refractivity contribution in [2.75, 3.05) is 0 Å². The zero-order valence-electron chi connectivity index (χ0n) is 5.66. The van der Waals surface area contributed by atoms with Gasteiger partial charge in [-0.3, -0.25) is 0 Å². The Hall–Kier alpha value is -0.640. The highest BCUT2D eigenvalue weighted by atomic mass is 79.9. The molecule has 0 unspecified atom stereocenters. The van der Waals surface area contributed by atoms with Crippen LogP contribution in [0, 0.1) is 18.6 Å². The van der Waals surface area contributed by atoms with Crippen LogP contribution in [0.15, 0.2) is 10.5 Å². The minimum Gasteiger partial charge on any atom is -0.503 e.